The smallest absolute Gasteiger partial charge is 0.333 e. The zero-order valence-corrected chi connectivity index (χ0v) is 14.0. The van der Waals surface area contributed by atoms with E-state index in [-0.39, 0.29) is 24.6 Å². The van der Waals surface area contributed by atoms with Crippen molar-refractivity contribution in [1.29, 1.82) is 0 Å². The summed E-state index contributed by atoms with van der Waals surface area (Å²) in [6, 6.07) is 0. The molecule has 0 radical (unpaired) electrons. The molecule has 0 heterocycles. The van der Waals surface area contributed by atoms with Gasteiger partial charge in [-0.1, -0.05) is 13.5 Å². The Morgan fingerprint density at radius 2 is 2.00 bits per heavy atom. The number of hydrogen-bond acceptors (Lipinski definition) is 4. The molecule has 0 aromatic heterocycles. The number of hydrogen-bond donors (Lipinski definition) is 0. The molecular weight excluding hydrogens is 280 g/mol. The van der Waals surface area contributed by atoms with Crippen LogP contribution in [0.4, 0.5) is 0 Å². The molecule has 2 aliphatic carbocycles. The lowest BCUT2D eigenvalue weighted by molar-refractivity contribution is -0.175. The molecule has 0 saturated heterocycles. The number of carbonyl (C=O) groups excluding carboxylic acids is 2. The van der Waals surface area contributed by atoms with Crippen LogP contribution in [0.1, 0.15) is 59.3 Å². The quantitative estimate of drug-likeness (QED) is 0.575. The average Bonchev–Trinajstić information content (AvgIpc) is 2.43. The fourth-order valence-electron chi connectivity index (χ4n) is 3.97. The third-order valence-electron chi connectivity index (χ3n) is 5.19. The average molecular weight is 308 g/mol. The van der Waals surface area contributed by atoms with Crippen LogP contribution < -0.4 is 0 Å². The van der Waals surface area contributed by atoms with Crippen molar-refractivity contribution in [3.05, 3.63) is 12.2 Å². The monoisotopic (exact) mass is 308 g/mol. The van der Waals surface area contributed by atoms with Crippen LogP contribution in [0.15, 0.2) is 12.2 Å². The Labute approximate surface area is 133 Å². The van der Waals surface area contributed by atoms with Crippen molar-refractivity contribution in [3.8, 4) is 0 Å². The molecule has 0 aromatic carbocycles. The molecule has 4 heteroatoms. The molecule has 2 fully saturated rings. The second kappa shape index (κ2) is 6.84. The van der Waals surface area contributed by atoms with Gasteiger partial charge in [-0.25, -0.2) is 4.79 Å². The number of rotatable bonds is 5. The molecule has 2 rings (SSSR count). The van der Waals surface area contributed by atoms with Crippen LogP contribution in [0.3, 0.4) is 0 Å². The third-order valence-corrected chi connectivity index (χ3v) is 5.19. The van der Waals surface area contributed by atoms with E-state index in [4.69, 9.17) is 9.47 Å². The summed E-state index contributed by atoms with van der Waals surface area (Å²) in [7, 11) is 0. The van der Waals surface area contributed by atoms with Crippen LogP contribution in [0.5, 0.6) is 0 Å². The van der Waals surface area contributed by atoms with Gasteiger partial charge in [0.2, 0.25) is 0 Å². The normalized spacial score (nSPS) is 33.9. The molecule has 2 bridgehead atoms. The number of fused-ring (bicyclic) bond motifs is 2. The minimum absolute atomic E-state index is 0.0598. The van der Waals surface area contributed by atoms with E-state index in [9.17, 15) is 9.59 Å². The Balaban J connectivity index is 1.82. The van der Waals surface area contributed by atoms with E-state index in [1.807, 2.05) is 0 Å². The first-order valence-electron chi connectivity index (χ1n) is 8.34. The zero-order valence-electron chi connectivity index (χ0n) is 14.0. The van der Waals surface area contributed by atoms with Gasteiger partial charge in [-0.05, 0) is 63.7 Å². The highest BCUT2D eigenvalue weighted by Gasteiger charge is 2.46. The number of carbonyl (C=O) groups is 2. The van der Waals surface area contributed by atoms with Gasteiger partial charge < -0.3 is 9.47 Å². The van der Waals surface area contributed by atoms with E-state index >= 15 is 0 Å². The summed E-state index contributed by atoms with van der Waals surface area (Å²) in [6.45, 7) is 9.52. The highest BCUT2D eigenvalue weighted by Crippen LogP contribution is 2.48. The van der Waals surface area contributed by atoms with Gasteiger partial charge in [0, 0.05) is 5.57 Å². The van der Waals surface area contributed by atoms with Gasteiger partial charge in [0.1, 0.15) is 12.2 Å². The van der Waals surface area contributed by atoms with Crippen molar-refractivity contribution in [2.24, 2.45) is 17.8 Å². The summed E-state index contributed by atoms with van der Waals surface area (Å²) in [5, 5.41) is 0. The van der Waals surface area contributed by atoms with Crippen LogP contribution in [0, 0.1) is 17.8 Å². The molecule has 2 saturated carbocycles. The Morgan fingerprint density at radius 1 is 1.27 bits per heavy atom. The summed E-state index contributed by atoms with van der Waals surface area (Å²) in [6.07, 6.45) is 5.85. The molecular formula is C18H28O4. The lowest BCUT2D eigenvalue weighted by Crippen LogP contribution is -2.47. The fraction of sp³-hybridized carbons (Fsp3) is 0.778. The molecule has 124 valence electrons. The SMILES string of the molecule is C=C(C)C(=O)OCCC(=O)OC1(C)CCC2CC(C)CC1C2. The maximum Gasteiger partial charge on any atom is 0.333 e. The van der Waals surface area contributed by atoms with Gasteiger partial charge in [0.15, 0.2) is 0 Å². The summed E-state index contributed by atoms with van der Waals surface area (Å²) in [4.78, 5) is 23.4. The minimum Gasteiger partial charge on any atom is -0.462 e. The van der Waals surface area contributed by atoms with Crippen molar-refractivity contribution in [2.75, 3.05) is 6.61 Å². The fourth-order valence-corrected chi connectivity index (χ4v) is 3.97. The molecule has 22 heavy (non-hydrogen) atoms. The van der Waals surface area contributed by atoms with Crippen molar-refractivity contribution < 1.29 is 19.1 Å². The predicted octanol–water partition coefficient (Wildman–Crippen LogP) is 3.64. The van der Waals surface area contributed by atoms with Crippen LogP contribution in [-0.2, 0) is 19.1 Å². The van der Waals surface area contributed by atoms with Crippen LogP contribution >= 0.6 is 0 Å². The standard InChI is InChI=1S/C18H28O4/c1-12(2)17(20)21-8-6-16(19)22-18(4)7-5-14-9-13(3)10-15(18)11-14/h13-15H,1,5-11H2,2-4H3. The van der Waals surface area contributed by atoms with Crippen LogP contribution in [0.2, 0.25) is 0 Å². The summed E-state index contributed by atoms with van der Waals surface area (Å²) < 4.78 is 10.8. The zero-order chi connectivity index (χ0) is 16.3. The second-order valence-electron chi connectivity index (χ2n) is 7.37. The third kappa shape index (κ3) is 4.11. The Morgan fingerprint density at radius 3 is 2.68 bits per heavy atom. The topological polar surface area (TPSA) is 52.6 Å². The van der Waals surface area contributed by atoms with Gasteiger partial charge in [-0.2, -0.15) is 0 Å². The molecule has 0 spiro atoms. The predicted molar refractivity (Wildman–Crippen MR) is 84.1 cm³/mol. The second-order valence-corrected chi connectivity index (χ2v) is 7.37. The van der Waals surface area contributed by atoms with Crippen molar-refractivity contribution in [2.45, 2.75) is 64.9 Å². The van der Waals surface area contributed by atoms with Crippen molar-refractivity contribution >= 4 is 11.9 Å². The van der Waals surface area contributed by atoms with Crippen molar-refractivity contribution in [1.82, 2.24) is 0 Å². The lowest BCUT2D eigenvalue weighted by atomic mass is 9.62. The molecule has 0 aromatic rings. The van der Waals surface area contributed by atoms with Crippen LogP contribution in [0.25, 0.3) is 0 Å². The number of ether oxygens (including phenoxy) is 2. The first-order chi connectivity index (χ1) is 10.3. The Hall–Kier alpha value is -1.32. The Bertz CT molecular complexity index is 454. The molecule has 4 nitrogen and oxygen atoms in total. The van der Waals surface area contributed by atoms with Gasteiger partial charge >= 0.3 is 11.9 Å². The van der Waals surface area contributed by atoms with E-state index < -0.39 is 5.97 Å². The molecule has 4 unspecified atom stereocenters. The lowest BCUT2D eigenvalue weighted by Gasteiger charge is -2.48. The molecule has 4 atom stereocenters. The molecule has 0 amide bonds. The molecule has 0 N–H and O–H groups in total. The summed E-state index contributed by atoms with van der Waals surface area (Å²) >= 11 is 0. The van der Waals surface area contributed by atoms with E-state index in [0.29, 0.717) is 11.5 Å². The van der Waals surface area contributed by atoms with E-state index in [1.165, 1.54) is 12.8 Å². The largest absolute Gasteiger partial charge is 0.462 e. The number of esters is 2. The van der Waals surface area contributed by atoms with Gasteiger partial charge in [-0.3, -0.25) is 4.79 Å². The first-order valence-corrected chi connectivity index (χ1v) is 8.34. The van der Waals surface area contributed by atoms with Gasteiger partial charge in [0.25, 0.3) is 0 Å². The van der Waals surface area contributed by atoms with Gasteiger partial charge in [-0.15, -0.1) is 0 Å². The maximum absolute atomic E-state index is 12.1. The summed E-state index contributed by atoms with van der Waals surface area (Å²) in [5.41, 5.74) is -0.00415. The van der Waals surface area contributed by atoms with E-state index in [0.717, 1.165) is 31.1 Å². The van der Waals surface area contributed by atoms with E-state index in [2.05, 4.69) is 20.4 Å². The highest BCUT2D eigenvalue weighted by atomic mass is 16.6. The van der Waals surface area contributed by atoms with Crippen molar-refractivity contribution in [3.63, 3.8) is 0 Å². The molecule has 2 aliphatic rings. The van der Waals surface area contributed by atoms with E-state index in [1.54, 1.807) is 6.92 Å². The van der Waals surface area contributed by atoms with Gasteiger partial charge in [0.05, 0.1) is 6.42 Å². The summed E-state index contributed by atoms with van der Waals surface area (Å²) in [5.74, 6) is 1.27. The first kappa shape index (κ1) is 17.0. The Kier molecular flexibility index (Phi) is 5.30. The molecule has 0 aliphatic heterocycles. The minimum atomic E-state index is -0.458. The highest BCUT2D eigenvalue weighted by molar-refractivity contribution is 5.87. The van der Waals surface area contributed by atoms with Crippen LogP contribution in [-0.4, -0.2) is 24.1 Å². The maximum atomic E-state index is 12.1.